The van der Waals surface area contributed by atoms with Crippen LogP contribution in [0.3, 0.4) is 0 Å². The number of anilines is 1. The van der Waals surface area contributed by atoms with Gasteiger partial charge in [-0.25, -0.2) is 14.1 Å². The Morgan fingerprint density at radius 3 is 2.62 bits per heavy atom. The number of hydrogen-bond donors (Lipinski definition) is 1. The molecule has 0 bridgehead atoms. The van der Waals surface area contributed by atoms with Crippen LogP contribution < -0.4 is 15.2 Å². The molecule has 6 aromatic rings. The Labute approximate surface area is 248 Å². The Hall–Kier alpha value is -4.35. The van der Waals surface area contributed by atoms with Crippen molar-refractivity contribution in [1.29, 1.82) is 0 Å². The van der Waals surface area contributed by atoms with Crippen molar-refractivity contribution in [3.63, 3.8) is 0 Å². The summed E-state index contributed by atoms with van der Waals surface area (Å²) in [6.45, 7) is 0.842. The van der Waals surface area contributed by atoms with E-state index in [0.29, 0.717) is 50.9 Å². The minimum atomic E-state index is -0.383. The first-order valence-electron chi connectivity index (χ1n) is 13.6. The summed E-state index contributed by atoms with van der Waals surface area (Å²) in [5, 5.41) is 5.91. The van der Waals surface area contributed by atoms with Gasteiger partial charge in [-0.1, -0.05) is 18.2 Å². The lowest BCUT2D eigenvalue weighted by Crippen LogP contribution is -2.19. The Balaban J connectivity index is 1.44. The molecule has 3 aromatic carbocycles. The zero-order chi connectivity index (χ0) is 28.8. The number of halogens is 2. The Morgan fingerprint density at radius 2 is 1.86 bits per heavy atom. The van der Waals surface area contributed by atoms with Crippen molar-refractivity contribution >= 4 is 54.5 Å². The molecule has 0 aliphatic carbocycles. The van der Waals surface area contributed by atoms with Gasteiger partial charge in [-0.2, -0.15) is 5.10 Å². The molecule has 1 aliphatic rings. The number of ether oxygens (including phenoxy) is 3. The molecular formula is C31H26BrFN6O3. The molecule has 0 spiro atoms. The summed E-state index contributed by atoms with van der Waals surface area (Å²) in [5.41, 5.74) is 11.6. The van der Waals surface area contributed by atoms with E-state index >= 15 is 4.39 Å². The molecule has 4 heterocycles. The van der Waals surface area contributed by atoms with Crippen molar-refractivity contribution in [1.82, 2.24) is 24.7 Å². The van der Waals surface area contributed by atoms with Gasteiger partial charge in [0.2, 0.25) is 5.88 Å². The summed E-state index contributed by atoms with van der Waals surface area (Å²) in [6, 6.07) is 12.6. The zero-order valence-corrected chi connectivity index (χ0v) is 24.3. The molecule has 9 nitrogen and oxygen atoms in total. The molecule has 42 heavy (non-hydrogen) atoms. The molecule has 212 valence electrons. The minimum Gasteiger partial charge on any atom is -0.497 e. The van der Waals surface area contributed by atoms with E-state index in [4.69, 9.17) is 24.9 Å². The Bertz CT molecular complexity index is 1960. The molecule has 0 amide bonds. The van der Waals surface area contributed by atoms with Gasteiger partial charge in [-0.15, -0.1) is 0 Å². The van der Waals surface area contributed by atoms with Crippen LogP contribution in [0.25, 0.3) is 44.0 Å². The van der Waals surface area contributed by atoms with Crippen LogP contribution in [-0.4, -0.2) is 38.4 Å². The summed E-state index contributed by atoms with van der Waals surface area (Å²) < 4.78 is 35.3. The van der Waals surface area contributed by atoms with Crippen LogP contribution in [0.5, 0.6) is 11.6 Å². The number of nitrogens with zero attached hydrogens (tertiary/aromatic N) is 5. The lowest BCUT2D eigenvalue weighted by molar-refractivity contribution is -0.0369. The third kappa shape index (κ3) is 4.49. The second-order valence-corrected chi connectivity index (χ2v) is 11.0. The first-order chi connectivity index (χ1) is 20.5. The van der Waals surface area contributed by atoms with Crippen molar-refractivity contribution in [2.24, 2.45) is 0 Å². The van der Waals surface area contributed by atoms with Crippen LogP contribution in [-0.2, 0) is 11.3 Å². The minimum absolute atomic E-state index is 0.224. The van der Waals surface area contributed by atoms with Crippen LogP contribution in [0.1, 0.15) is 31.1 Å². The third-order valence-electron chi connectivity index (χ3n) is 7.60. The molecule has 1 saturated heterocycles. The van der Waals surface area contributed by atoms with Crippen molar-refractivity contribution in [2.45, 2.75) is 32.1 Å². The van der Waals surface area contributed by atoms with E-state index in [2.05, 4.69) is 31.0 Å². The van der Waals surface area contributed by atoms with E-state index in [-0.39, 0.29) is 24.5 Å². The quantitative estimate of drug-likeness (QED) is 0.197. The maximum atomic E-state index is 15.4. The predicted octanol–water partition coefficient (Wildman–Crippen LogP) is 6.97. The maximum Gasteiger partial charge on any atom is 0.238 e. The van der Waals surface area contributed by atoms with Crippen molar-refractivity contribution in [3.8, 4) is 22.8 Å². The summed E-state index contributed by atoms with van der Waals surface area (Å²) in [5.74, 6) is 0.605. The van der Waals surface area contributed by atoms with E-state index in [1.807, 2.05) is 30.3 Å². The summed E-state index contributed by atoms with van der Waals surface area (Å²) in [7, 11) is 1.62. The zero-order valence-electron chi connectivity index (χ0n) is 22.7. The summed E-state index contributed by atoms with van der Waals surface area (Å²) in [6.07, 6.45) is 7.33. The van der Waals surface area contributed by atoms with Gasteiger partial charge in [0.25, 0.3) is 0 Å². The number of methoxy groups -OCH3 is 1. The second-order valence-electron chi connectivity index (χ2n) is 10.1. The SMILES string of the molecule is COc1ccc(COc2nc3c(cc(Br)c4nccnc43)c(-c3ccc(F)c4c3cnn4C3CCCCO3)c2N)cc1. The first-order valence-corrected chi connectivity index (χ1v) is 14.4. The van der Waals surface area contributed by atoms with Crippen LogP contribution in [0, 0.1) is 5.82 Å². The van der Waals surface area contributed by atoms with Gasteiger partial charge in [-0.3, -0.25) is 9.97 Å². The smallest absolute Gasteiger partial charge is 0.238 e. The first kappa shape index (κ1) is 26.5. The fourth-order valence-corrected chi connectivity index (χ4v) is 6.06. The molecule has 1 aliphatic heterocycles. The van der Waals surface area contributed by atoms with E-state index in [9.17, 15) is 0 Å². The number of fused-ring (bicyclic) bond motifs is 4. The molecule has 0 radical (unpaired) electrons. The lowest BCUT2D eigenvalue weighted by Gasteiger charge is -2.23. The predicted molar refractivity (Wildman–Crippen MR) is 162 cm³/mol. The average Bonchev–Trinajstić information content (AvgIpc) is 3.48. The number of benzene rings is 3. The van der Waals surface area contributed by atoms with Crippen LogP contribution in [0.15, 0.2) is 65.5 Å². The number of hydrogen-bond acceptors (Lipinski definition) is 8. The topological polar surface area (TPSA) is 110 Å². The molecule has 2 N–H and O–H groups in total. The van der Waals surface area contributed by atoms with E-state index in [0.717, 1.165) is 40.4 Å². The highest BCUT2D eigenvalue weighted by atomic mass is 79.9. The van der Waals surface area contributed by atoms with Gasteiger partial charge in [0, 0.05) is 39.8 Å². The van der Waals surface area contributed by atoms with Crippen LogP contribution in [0.2, 0.25) is 0 Å². The molecule has 3 aromatic heterocycles. The molecule has 1 unspecified atom stereocenters. The van der Waals surface area contributed by atoms with Gasteiger partial charge in [-0.05, 0) is 70.6 Å². The average molecular weight is 629 g/mol. The van der Waals surface area contributed by atoms with Crippen molar-refractivity contribution in [2.75, 3.05) is 19.5 Å². The van der Waals surface area contributed by atoms with E-state index in [1.54, 1.807) is 36.4 Å². The molecule has 1 atom stereocenters. The second kappa shape index (κ2) is 10.8. The van der Waals surface area contributed by atoms with Gasteiger partial charge in [0.1, 0.15) is 45.9 Å². The highest BCUT2D eigenvalue weighted by molar-refractivity contribution is 9.10. The monoisotopic (exact) mass is 628 g/mol. The summed E-state index contributed by atoms with van der Waals surface area (Å²) in [4.78, 5) is 13.9. The number of nitrogens with two attached hydrogens (primary N) is 1. The summed E-state index contributed by atoms with van der Waals surface area (Å²) >= 11 is 3.65. The van der Waals surface area contributed by atoms with Gasteiger partial charge >= 0.3 is 0 Å². The van der Waals surface area contributed by atoms with Gasteiger partial charge in [0.05, 0.1) is 13.3 Å². The highest BCUT2D eigenvalue weighted by Crippen LogP contribution is 2.45. The largest absolute Gasteiger partial charge is 0.497 e. The number of rotatable bonds is 6. The lowest BCUT2D eigenvalue weighted by atomic mass is 9.96. The molecule has 0 saturated carbocycles. The molecule has 11 heteroatoms. The Morgan fingerprint density at radius 1 is 1.05 bits per heavy atom. The molecular weight excluding hydrogens is 603 g/mol. The van der Waals surface area contributed by atoms with Crippen LogP contribution in [0.4, 0.5) is 10.1 Å². The van der Waals surface area contributed by atoms with Crippen LogP contribution >= 0.6 is 15.9 Å². The fourth-order valence-electron chi connectivity index (χ4n) is 5.54. The molecule has 1 fully saturated rings. The third-order valence-corrected chi connectivity index (χ3v) is 8.20. The molecule has 7 rings (SSSR count). The van der Waals surface area contributed by atoms with E-state index < -0.39 is 0 Å². The highest BCUT2D eigenvalue weighted by Gasteiger charge is 2.25. The van der Waals surface area contributed by atoms with E-state index in [1.165, 1.54) is 6.07 Å². The standard InChI is InChI=1S/C31H26BrFN6O3/c1-40-18-7-5-17(6-8-18)16-42-31-26(34)25(20-14-22(32)28-29(27(20)38-31)36-12-11-35-28)19-9-10-23(33)30-21(19)15-37-39(30)24-4-2-3-13-41-24/h5-12,14-15,24H,2-4,13,16,34H2,1H3. The van der Waals surface area contributed by atoms with Crippen molar-refractivity contribution < 1.29 is 18.6 Å². The number of nitrogen functional groups attached to an aromatic ring is 1. The maximum absolute atomic E-state index is 15.4. The fraction of sp³-hybridized carbons (Fsp3) is 0.226. The number of pyridine rings is 1. The van der Waals surface area contributed by atoms with Gasteiger partial charge < -0.3 is 19.9 Å². The normalized spacial score (nSPS) is 15.5. The number of aromatic nitrogens is 5. The van der Waals surface area contributed by atoms with Crippen molar-refractivity contribution in [3.05, 3.63) is 76.9 Å². The Kier molecular flexibility index (Phi) is 6.83. The van der Waals surface area contributed by atoms with Gasteiger partial charge in [0.15, 0.2) is 6.23 Å².